The number of methoxy groups -OCH3 is 1. The quantitative estimate of drug-likeness (QED) is 0.186. The molecule has 0 radical (unpaired) electrons. The first kappa shape index (κ1) is 27.4. The van der Waals surface area contributed by atoms with Crippen LogP contribution in [0, 0.1) is 0 Å². The number of aromatic nitrogens is 4. The van der Waals surface area contributed by atoms with Crippen molar-refractivity contribution < 1.29 is 14.3 Å². The first-order valence-corrected chi connectivity index (χ1v) is 16.0. The van der Waals surface area contributed by atoms with Crippen LogP contribution in [-0.2, 0) is 9.53 Å². The predicted molar refractivity (Wildman–Crippen MR) is 170 cm³/mol. The zero-order valence-electron chi connectivity index (χ0n) is 23.5. The van der Waals surface area contributed by atoms with Gasteiger partial charge >= 0.3 is 6.09 Å². The van der Waals surface area contributed by atoms with Crippen LogP contribution in [-0.4, -0.2) is 57.0 Å². The van der Waals surface area contributed by atoms with E-state index in [0.717, 1.165) is 42.0 Å². The topological polar surface area (TPSA) is 116 Å². The number of imidazole rings is 2. The molecule has 43 heavy (non-hydrogen) atoms. The first-order valence-electron chi connectivity index (χ1n) is 14.2. The highest BCUT2D eigenvalue weighted by Crippen LogP contribution is 2.44. The highest BCUT2D eigenvalue weighted by molar-refractivity contribution is 7.27. The Balaban J connectivity index is 1.03. The van der Waals surface area contributed by atoms with E-state index in [1.807, 2.05) is 12.4 Å². The lowest BCUT2D eigenvalue weighted by Gasteiger charge is -2.23. The van der Waals surface area contributed by atoms with Gasteiger partial charge in [-0.25, -0.2) is 14.8 Å². The highest BCUT2D eigenvalue weighted by Gasteiger charge is 2.32. The Hall–Kier alpha value is -4.48. The average molecular weight is 611 g/mol. The molecule has 1 aliphatic heterocycles. The molecule has 1 saturated heterocycles. The molecule has 5 aromatic rings. The van der Waals surface area contributed by atoms with Gasteiger partial charge in [0.1, 0.15) is 12.4 Å². The monoisotopic (exact) mass is 610 g/mol. The molecule has 1 aromatic carbocycles. The normalized spacial score (nSPS) is 18.3. The molecule has 1 fully saturated rings. The fraction of sp³-hybridized carbons (Fsp3) is 0.250. The Labute approximate surface area is 256 Å². The molecule has 3 N–H and O–H groups in total. The molecule has 11 heteroatoms. The number of H-pyrrole nitrogens is 2. The molecule has 0 saturated carbocycles. The van der Waals surface area contributed by atoms with Gasteiger partial charge in [0.05, 0.1) is 40.8 Å². The van der Waals surface area contributed by atoms with Gasteiger partial charge in [0.2, 0.25) is 5.91 Å². The maximum atomic E-state index is 12.7. The summed E-state index contributed by atoms with van der Waals surface area (Å²) in [7, 11) is 1.28. The summed E-state index contributed by atoms with van der Waals surface area (Å²) in [6.45, 7) is 0.559. The minimum atomic E-state index is -0.611. The largest absolute Gasteiger partial charge is 0.453 e. The van der Waals surface area contributed by atoms with E-state index in [0.29, 0.717) is 6.54 Å². The van der Waals surface area contributed by atoms with Crippen LogP contribution in [0.4, 0.5) is 4.79 Å². The molecule has 2 aliphatic rings. The molecule has 9 nitrogen and oxygen atoms in total. The van der Waals surface area contributed by atoms with Gasteiger partial charge in [-0.2, -0.15) is 0 Å². The van der Waals surface area contributed by atoms with Crippen molar-refractivity contribution in [3.8, 4) is 22.4 Å². The van der Waals surface area contributed by atoms with E-state index < -0.39 is 6.09 Å². The van der Waals surface area contributed by atoms with E-state index in [2.05, 4.69) is 83.2 Å². The van der Waals surface area contributed by atoms with E-state index in [9.17, 15) is 9.59 Å². The third-order valence-corrected chi connectivity index (χ3v) is 10.3. The molecule has 2 amide bonds. The number of aromatic amines is 2. The number of allylic oxidation sites excluding steroid dienone is 4. The second-order valence-electron chi connectivity index (χ2n) is 10.7. The molecule has 2 atom stereocenters. The molecule has 0 bridgehead atoms. The van der Waals surface area contributed by atoms with Crippen LogP contribution in [0.25, 0.3) is 37.4 Å². The van der Waals surface area contributed by atoms with Crippen LogP contribution < -0.4 is 5.32 Å². The standard InChI is InChI=1S/C32H30N6O3S2/c1-41-32(40)35-15-28(39)38-12-2-3-27(38)31-34-14-26(37-31)22-10-6-20(7-11-22)24-17-43-29-23(16-42-30(24)29)19-4-8-21(9-5-19)25-13-33-18-36-25/h4-10,13-14,16-18,22,27H,2-3,11-12,15H2,1H3,(H,33,36)(H,34,37)(H,35,40)/t22?,27-/m0/s1. The summed E-state index contributed by atoms with van der Waals surface area (Å²) < 4.78 is 7.22. The van der Waals surface area contributed by atoms with Crippen LogP contribution in [0.2, 0.25) is 0 Å². The number of thiophene rings is 2. The smallest absolute Gasteiger partial charge is 0.407 e. The van der Waals surface area contributed by atoms with Gasteiger partial charge in [0.25, 0.3) is 0 Å². The molecular formula is C32H30N6O3S2. The van der Waals surface area contributed by atoms with Gasteiger partial charge in [-0.1, -0.05) is 42.5 Å². The number of amides is 2. The van der Waals surface area contributed by atoms with Crippen molar-refractivity contribution in [1.82, 2.24) is 30.2 Å². The lowest BCUT2D eigenvalue weighted by molar-refractivity contribution is -0.131. The summed E-state index contributed by atoms with van der Waals surface area (Å²) in [4.78, 5) is 41.4. The minimum absolute atomic E-state index is 0.0878. The third-order valence-electron chi connectivity index (χ3n) is 8.17. The van der Waals surface area contributed by atoms with Gasteiger partial charge in [0, 0.05) is 46.2 Å². The van der Waals surface area contributed by atoms with E-state index in [1.54, 1.807) is 33.9 Å². The van der Waals surface area contributed by atoms with Crippen molar-refractivity contribution >= 4 is 49.6 Å². The Kier molecular flexibility index (Phi) is 7.42. The number of carbonyl (C=O) groups is 2. The van der Waals surface area contributed by atoms with E-state index in [4.69, 9.17) is 0 Å². The minimum Gasteiger partial charge on any atom is -0.453 e. The number of alkyl carbamates (subject to hydrolysis) is 1. The van der Waals surface area contributed by atoms with Gasteiger partial charge in [-0.15, -0.1) is 22.7 Å². The number of carbonyl (C=O) groups excluding carboxylic acids is 2. The number of ether oxygens (including phenoxy) is 1. The summed E-state index contributed by atoms with van der Waals surface area (Å²) >= 11 is 3.60. The van der Waals surface area contributed by atoms with Crippen molar-refractivity contribution in [2.75, 3.05) is 20.2 Å². The third kappa shape index (κ3) is 5.30. The number of nitrogens with zero attached hydrogens (tertiary/aromatic N) is 3. The SMILES string of the molecule is COC(=O)NCC(=O)N1CCC[C@H]1c1ncc(C2C=CC(c3csc4c(-c5ccc(-c6cnc[nH]6)cc5)csc34)=CC2)[nH]1. The van der Waals surface area contributed by atoms with Crippen LogP contribution >= 0.6 is 22.7 Å². The van der Waals surface area contributed by atoms with Crippen LogP contribution in [0.15, 0.2) is 72.0 Å². The molecule has 218 valence electrons. The number of hydrogen-bond acceptors (Lipinski definition) is 7. The molecule has 7 rings (SSSR count). The zero-order valence-corrected chi connectivity index (χ0v) is 25.1. The summed E-state index contributed by atoms with van der Waals surface area (Å²) in [5, 5.41) is 7.02. The van der Waals surface area contributed by atoms with E-state index >= 15 is 0 Å². The Morgan fingerprint density at radius 1 is 1.09 bits per heavy atom. The Bertz CT molecular complexity index is 1830. The number of likely N-dealkylation sites (tertiary alicyclic amines) is 1. The Morgan fingerprint density at radius 2 is 1.88 bits per heavy atom. The maximum absolute atomic E-state index is 12.7. The second kappa shape index (κ2) is 11.7. The lowest BCUT2D eigenvalue weighted by Crippen LogP contribution is -2.40. The fourth-order valence-electron chi connectivity index (χ4n) is 5.89. The highest BCUT2D eigenvalue weighted by atomic mass is 32.1. The maximum Gasteiger partial charge on any atom is 0.407 e. The molecule has 4 aromatic heterocycles. The van der Waals surface area contributed by atoms with Crippen molar-refractivity contribution in [2.45, 2.75) is 31.2 Å². The number of fused-ring (bicyclic) bond motifs is 1. The molecule has 5 heterocycles. The summed E-state index contributed by atoms with van der Waals surface area (Å²) in [5.41, 5.74) is 8.20. The van der Waals surface area contributed by atoms with Crippen LogP contribution in [0.3, 0.4) is 0 Å². The number of nitrogens with one attached hydrogen (secondary N) is 3. The summed E-state index contributed by atoms with van der Waals surface area (Å²) in [5.74, 6) is 0.851. The summed E-state index contributed by atoms with van der Waals surface area (Å²) in [6.07, 6.45) is 14.2. The lowest BCUT2D eigenvalue weighted by atomic mass is 9.92. The van der Waals surface area contributed by atoms with E-state index in [-0.39, 0.29) is 24.4 Å². The van der Waals surface area contributed by atoms with Gasteiger partial charge in [-0.05, 0) is 36.0 Å². The number of rotatable bonds is 7. The number of hydrogen-bond donors (Lipinski definition) is 3. The molecular weight excluding hydrogens is 581 g/mol. The van der Waals surface area contributed by atoms with Crippen molar-refractivity contribution in [3.63, 3.8) is 0 Å². The van der Waals surface area contributed by atoms with Gasteiger partial charge in [-0.3, -0.25) is 4.79 Å². The van der Waals surface area contributed by atoms with Crippen molar-refractivity contribution in [3.05, 3.63) is 89.1 Å². The van der Waals surface area contributed by atoms with Crippen LogP contribution in [0.1, 0.15) is 48.3 Å². The average Bonchev–Trinajstić information content (AvgIpc) is 3.88. The van der Waals surface area contributed by atoms with Crippen molar-refractivity contribution in [1.29, 1.82) is 0 Å². The fourth-order valence-corrected chi connectivity index (χ4v) is 8.35. The molecule has 1 aliphatic carbocycles. The predicted octanol–water partition coefficient (Wildman–Crippen LogP) is 6.89. The molecule has 1 unspecified atom stereocenters. The first-order chi connectivity index (χ1) is 21.1. The second-order valence-corrected chi connectivity index (χ2v) is 12.4. The zero-order chi connectivity index (χ0) is 29.3. The van der Waals surface area contributed by atoms with Crippen molar-refractivity contribution in [2.24, 2.45) is 0 Å². The van der Waals surface area contributed by atoms with Crippen LogP contribution in [0.5, 0.6) is 0 Å². The Morgan fingerprint density at radius 3 is 2.63 bits per heavy atom. The number of benzene rings is 1. The summed E-state index contributed by atoms with van der Waals surface area (Å²) in [6, 6.07) is 8.52. The van der Waals surface area contributed by atoms with E-state index in [1.165, 1.54) is 38.8 Å². The molecule has 0 spiro atoms. The van der Waals surface area contributed by atoms with Gasteiger partial charge in [0.15, 0.2) is 0 Å². The van der Waals surface area contributed by atoms with Gasteiger partial charge < -0.3 is 24.9 Å².